The van der Waals surface area contributed by atoms with Crippen molar-refractivity contribution >= 4 is 22.8 Å². The summed E-state index contributed by atoms with van der Waals surface area (Å²) in [5.74, 6) is -1.19. The summed E-state index contributed by atoms with van der Waals surface area (Å²) < 4.78 is 11.1. The molecule has 0 spiro atoms. The van der Waals surface area contributed by atoms with Gasteiger partial charge in [0.15, 0.2) is 6.10 Å². The molecule has 0 bridgehead atoms. The third-order valence-corrected chi connectivity index (χ3v) is 4.69. The summed E-state index contributed by atoms with van der Waals surface area (Å²) in [6.07, 6.45) is 0.0684. The molecule has 0 saturated heterocycles. The van der Waals surface area contributed by atoms with E-state index in [1.165, 1.54) is 0 Å². The number of ether oxygens (including phenoxy) is 1. The molecule has 1 heterocycles. The molecule has 0 saturated carbocycles. The molecular formula is C20H25NO6. The van der Waals surface area contributed by atoms with Crippen molar-refractivity contribution in [2.75, 3.05) is 0 Å². The minimum absolute atomic E-state index is 0.340. The largest absolute Gasteiger partial charge is 0.480 e. The molecule has 2 atom stereocenters. The lowest BCUT2D eigenvalue weighted by Gasteiger charge is -2.20. The molecule has 7 heteroatoms. The number of carboxylic acids is 1. The average molecular weight is 375 g/mol. The number of aryl methyl sites for hydroxylation is 2. The Kier molecular flexibility index (Phi) is 6.25. The molecular weight excluding hydrogens is 350 g/mol. The highest BCUT2D eigenvalue weighted by molar-refractivity contribution is 5.87. The Morgan fingerprint density at radius 3 is 2.44 bits per heavy atom. The first-order valence-electron chi connectivity index (χ1n) is 8.90. The molecule has 27 heavy (non-hydrogen) atoms. The van der Waals surface area contributed by atoms with Crippen LogP contribution in [0.1, 0.15) is 43.4 Å². The Balaban J connectivity index is 2.26. The molecule has 1 aromatic heterocycles. The van der Waals surface area contributed by atoms with E-state index in [2.05, 4.69) is 5.32 Å². The molecule has 0 aliphatic rings. The number of carboxylic acid groups (broad SMARTS) is 1. The van der Waals surface area contributed by atoms with Gasteiger partial charge in [0.25, 0.3) is 5.91 Å². The average Bonchev–Trinajstić information content (AvgIpc) is 2.62. The highest BCUT2D eigenvalue weighted by Gasteiger charge is 2.24. The molecule has 2 N–H and O–H groups in total. The van der Waals surface area contributed by atoms with Gasteiger partial charge in [-0.1, -0.05) is 13.3 Å². The van der Waals surface area contributed by atoms with Crippen molar-refractivity contribution in [1.82, 2.24) is 5.32 Å². The van der Waals surface area contributed by atoms with Crippen LogP contribution < -0.4 is 15.7 Å². The number of aliphatic carboxylic acids is 1. The summed E-state index contributed by atoms with van der Waals surface area (Å²) in [4.78, 5) is 35.5. The molecule has 0 aliphatic carbocycles. The van der Waals surface area contributed by atoms with Crippen molar-refractivity contribution in [3.63, 3.8) is 0 Å². The highest BCUT2D eigenvalue weighted by Crippen LogP contribution is 2.29. The van der Waals surface area contributed by atoms with Crippen LogP contribution in [0.2, 0.25) is 0 Å². The second-order valence-corrected chi connectivity index (χ2v) is 6.65. The SMILES string of the molecule is CCC[C@@H](NC(=O)[C@@H](C)Oc1ccc2c(C)c(C)c(=O)oc2c1C)C(=O)O. The number of carbonyl (C=O) groups is 2. The topological polar surface area (TPSA) is 106 Å². The summed E-state index contributed by atoms with van der Waals surface area (Å²) in [6, 6.07) is 2.55. The van der Waals surface area contributed by atoms with Gasteiger partial charge in [0, 0.05) is 16.5 Å². The van der Waals surface area contributed by atoms with E-state index in [0.717, 1.165) is 10.9 Å². The standard InChI is InChI=1S/C20H25NO6/c1-6-7-15(19(23)24)21-18(22)13(5)26-16-9-8-14-10(2)11(3)20(25)27-17(14)12(16)4/h8-9,13,15H,6-7H2,1-5H3,(H,21,22)(H,23,24)/t13-,15-/m1/s1. The van der Waals surface area contributed by atoms with Crippen LogP contribution in [0, 0.1) is 20.8 Å². The first-order valence-corrected chi connectivity index (χ1v) is 8.90. The fourth-order valence-electron chi connectivity index (χ4n) is 2.83. The number of amides is 1. The van der Waals surface area contributed by atoms with Crippen LogP contribution in [0.5, 0.6) is 5.75 Å². The molecule has 2 rings (SSSR count). The van der Waals surface area contributed by atoms with Crippen LogP contribution in [0.25, 0.3) is 11.0 Å². The zero-order valence-corrected chi connectivity index (χ0v) is 16.2. The second-order valence-electron chi connectivity index (χ2n) is 6.65. The highest BCUT2D eigenvalue weighted by atomic mass is 16.5. The lowest BCUT2D eigenvalue weighted by molar-refractivity contribution is -0.143. The molecule has 1 amide bonds. The van der Waals surface area contributed by atoms with E-state index >= 15 is 0 Å². The number of hydrogen-bond donors (Lipinski definition) is 2. The Labute approximate surface area is 157 Å². The summed E-state index contributed by atoms with van der Waals surface area (Å²) in [6.45, 7) is 8.70. The number of benzene rings is 1. The first-order chi connectivity index (χ1) is 12.7. The van der Waals surface area contributed by atoms with Gasteiger partial charge in [0.05, 0.1) is 0 Å². The Morgan fingerprint density at radius 1 is 1.19 bits per heavy atom. The van der Waals surface area contributed by atoms with Crippen LogP contribution >= 0.6 is 0 Å². The van der Waals surface area contributed by atoms with Gasteiger partial charge in [-0.3, -0.25) is 4.79 Å². The predicted octanol–water partition coefficient (Wildman–Crippen LogP) is 2.86. The maximum Gasteiger partial charge on any atom is 0.339 e. The van der Waals surface area contributed by atoms with Crippen molar-refractivity contribution in [3.8, 4) is 5.75 Å². The van der Waals surface area contributed by atoms with Crippen molar-refractivity contribution in [2.24, 2.45) is 0 Å². The van der Waals surface area contributed by atoms with Gasteiger partial charge in [-0.2, -0.15) is 0 Å². The van der Waals surface area contributed by atoms with Crippen LogP contribution in [0.3, 0.4) is 0 Å². The maximum atomic E-state index is 12.3. The molecule has 1 aromatic carbocycles. The third-order valence-electron chi connectivity index (χ3n) is 4.69. The predicted molar refractivity (Wildman–Crippen MR) is 101 cm³/mol. The normalized spacial score (nSPS) is 13.2. The Hall–Kier alpha value is -2.83. The second kappa shape index (κ2) is 8.24. The summed E-state index contributed by atoms with van der Waals surface area (Å²) in [5.41, 5.74) is 2.01. The molecule has 146 valence electrons. The molecule has 0 fully saturated rings. The Bertz CT molecular complexity index is 930. The van der Waals surface area contributed by atoms with Crippen molar-refractivity contribution in [1.29, 1.82) is 0 Å². The van der Waals surface area contributed by atoms with Crippen molar-refractivity contribution in [2.45, 2.75) is 59.6 Å². The summed E-state index contributed by atoms with van der Waals surface area (Å²) >= 11 is 0. The van der Waals surface area contributed by atoms with Crippen molar-refractivity contribution < 1.29 is 23.8 Å². The number of nitrogens with one attached hydrogen (secondary N) is 1. The van der Waals surface area contributed by atoms with Crippen LogP contribution in [-0.4, -0.2) is 29.1 Å². The van der Waals surface area contributed by atoms with Gasteiger partial charge in [0.2, 0.25) is 0 Å². The molecule has 0 radical (unpaired) electrons. The lowest BCUT2D eigenvalue weighted by atomic mass is 10.0. The zero-order valence-electron chi connectivity index (χ0n) is 16.2. The monoisotopic (exact) mass is 375 g/mol. The van der Waals surface area contributed by atoms with E-state index in [0.29, 0.717) is 35.3 Å². The van der Waals surface area contributed by atoms with E-state index in [-0.39, 0.29) is 0 Å². The maximum absolute atomic E-state index is 12.3. The number of hydrogen-bond acceptors (Lipinski definition) is 5. The number of rotatable bonds is 7. The minimum atomic E-state index is -1.08. The van der Waals surface area contributed by atoms with Crippen LogP contribution in [0.15, 0.2) is 21.3 Å². The third kappa shape index (κ3) is 4.30. The van der Waals surface area contributed by atoms with E-state index in [1.807, 2.05) is 13.8 Å². The smallest absolute Gasteiger partial charge is 0.339 e. The Morgan fingerprint density at radius 2 is 1.85 bits per heavy atom. The van der Waals surface area contributed by atoms with E-state index < -0.39 is 29.6 Å². The molecule has 7 nitrogen and oxygen atoms in total. The first kappa shape index (κ1) is 20.5. The number of fused-ring (bicyclic) bond motifs is 1. The van der Waals surface area contributed by atoms with Gasteiger partial charge < -0.3 is 19.6 Å². The van der Waals surface area contributed by atoms with E-state index in [4.69, 9.17) is 14.3 Å². The minimum Gasteiger partial charge on any atom is -0.480 e. The molecule has 0 unspecified atom stereocenters. The van der Waals surface area contributed by atoms with Crippen molar-refractivity contribution in [3.05, 3.63) is 39.2 Å². The van der Waals surface area contributed by atoms with Crippen LogP contribution in [-0.2, 0) is 9.59 Å². The quantitative estimate of drug-likeness (QED) is 0.721. The van der Waals surface area contributed by atoms with E-state index in [9.17, 15) is 14.4 Å². The van der Waals surface area contributed by atoms with Gasteiger partial charge >= 0.3 is 11.6 Å². The molecule has 2 aromatic rings. The van der Waals surface area contributed by atoms with Gasteiger partial charge in [-0.25, -0.2) is 9.59 Å². The van der Waals surface area contributed by atoms with Gasteiger partial charge in [0.1, 0.15) is 17.4 Å². The van der Waals surface area contributed by atoms with Gasteiger partial charge in [-0.15, -0.1) is 0 Å². The van der Waals surface area contributed by atoms with Gasteiger partial charge in [-0.05, 0) is 51.8 Å². The summed E-state index contributed by atoms with van der Waals surface area (Å²) in [7, 11) is 0. The van der Waals surface area contributed by atoms with E-state index in [1.54, 1.807) is 32.9 Å². The molecule has 0 aliphatic heterocycles. The zero-order chi connectivity index (χ0) is 20.3. The summed E-state index contributed by atoms with van der Waals surface area (Å²) in [5, 5.41) is 12.5. The lowest BCUT2D eigenvalue weighted by Crippen LogP contribution is -2.46. The van der Waals surface area contributed by atoms with Crippen LogP contribution in [0.4, 0.5) is 0 Å². The fraction of sp³-hybridized carbons (Fsp3) is 0.450. The fourth-order valence-corrected chi connectivity index (χ4v) is 2.83. The number of carbonyl (C=O) groups excluding carboxylic acids is 1.